The molecule has 0 bridgehead atoms. The van der Waals surface area contributed by atoms with Crippen LogP contribution in [0.3, 0.4) is 0 Å². The van der Waals surface area contributed by atoms with E-state index in [1.54, 1.807) is 0 Å². The van der Waals surface area contributed by atoms with Gasteiger partial charge >= 0.3 is 0 Å². The Morgan fingerprint density at radius 1 is 1.40 bits per heavy atom. The van der Waals surface area contributed by atoms with Gasteiger partial charge in [-0.15, -0.1) is 0 Å². The molecule has 0 aliphatic carbocycles. The molecule has 0 N–H and O–H groups in total. The van der Waals surface area contributed by atoms with E-state index in [0.29, 0.717) is 0 Å². The van der Waals surface area contributed by atoms with Gasteiger partial charge in [0.25, 0.3) is 0 Å². The van der Waals surface area contributed by atoms with Crippen LogP contribution in [0.1, 0.15) is 0 Å². The Morgan fingerprint density at radius 2 is 1.40 bits per heavy atom. The van der Waals surface area contributed by atoms with Crippen LogP contribution in [0, 0.1) is 13.8 Å². The molecule has 0 aromatic rings. The Balaban J connectivity index is 0. The number of hydrogen-bond donors (Lipinski definition) is 0. The summed E-state index contributed by atoms with van der Waals surface area (Å²) in [7, 11) is 0. The zero-order chi connectivity index (χ0) is 3.58. The molecule has 0 spiro atoms. The molecule has 2 heteroatoms. The van der Waals surface area contributed by atoms with Crippen molar-refractivity contribution in [2.75, 3.05) is 0 Å². The van der Waals surface area contributed by atoms with Crippen LogP contribution in [0.25, 0.3) is 0 Å². The molecular formula is C3H5BrY-2. The standard InChI is InChI=1S/C3H5Br.Y/c1-3(2)4;/h3H,1-2H2;/q-2;. The summed E-state index contributed by atoms with van der Waals surface area (Å²) in [6.07, 6.45) is 0. The van der Waals surface area contributed by atoms with Gasteiger partial charge in [-0.2, -0.15) is 15.9 Å². The minimum Gasteiger partial charge on any atom is -0.360 e. The number of halogens is 1. The van der Waals surface area contributed by atoms with E-state index in [9.17, 15) is 0 Å². The summed E-state index contributed by atoms with van der Waals surface area (Å²) >= 11 is 3.05. The van der Waals surface area contributed by atoms with Crippen molar-refractivity contribution in [3.8, 4) is 0 Å². The minimum absolute atomic E-state index is 0. The maximum atomic E-state index is 3.44. The van der Waals surface area contributed by atoms with Gasteiger partial charge in [0.15, 0.2) is 0 Å². The van der Waals surface area contributed by atoms with Crippen molar-refractivity contribution >= 4 is 15.9 Å². The predicted molar refractivity (Wildman–Crippen MR) is 23.4 cm³/mol. The molecule has 0 nitrogen and oxygen atoms in total. The molecule has 0 atom stereocenters. The number of rotatable bonds is 0. The van der Waals surface area contributed by atoms with Gasteiger partial charge in [0.05, 0.1) is 0 Å². The van der Waals surface area contributed by atoms with Gasteiger partial charge < -0.3 is 13.8 Å². The summed E-state index contributed by atoms with van der Waals surface area (Å²) in [6.45, 7) is 6.89. The molecule has 0 saturated heterocycles. The second-order valence-electron chi connectivity index (χ2n) is 0.597. The number of alkyl halides is 1. The molecule has 0 unspecified atom stereocenters. The summed E-state index contributed by atoms with van der Waals surface area (Å²) < 4.78 is 0. The van der Waals surface area contributed by atoms with Gasteiger partial charge in [-0.3, -0.25) is 0 Å². The van der Waals surface area contributed by atoms with Crippen molar-refractivity contribution in [2.45, 2.75) is 4.83 Å². The number of hydrogen-bond acceptors (Lipinski definition) is 0. The Morgan fingerprint density at radius 3 is 1.40 bits per heavy atom. The SMILES string of the molecule is [CH2-]C([CH2-])Br.[Y]. The van der Waals surface area contributed by atoms with Crippen molar-refractivity contribution in [3.05, 3.63) is 13.8 Å². The van der Waals surface area contributed by atoms with E-state index in [2.05, 4.69) is 29.8 Å². The van der Waals surface area contributed by atoms with Crippen molar-refractivity contribution in [1.82, 2.24) is 0 Å². The van der Waals surface area contributed by atoms with E-state index < -0.39 is 0 Å². The van der Waals surface area contributed by atoms with Gasteiger partial charge in [0.2, 0.25) is 0 Å². The van der Waals surface area contributed by atoms with Crippen molar-refractivity contribution in [3.63, 3.8) is 0 Å². The second-order valence-corrected chi connectivity index (χ2v) is 1.89. The average Bonchev–Trinajstić information content (AvgIpc) is 0.811. The third-order valence-electron chi connectivity index (χ3n) is 0. The van der Waals surface area contributed by atoms with Crippen LogP contribution in [0.5, 0.6) is 0 Å². The molecule has 5 heavy (non-hydrogen) atoms. The largest absolute Gasteiger partial charge is 0.360 e. The first-order valence-electron chi connectivity index (χ1n) is 1.03. The van der Waals surface area contributed by atoms with E-state index in [1.165, 1.54) is 0 Å². The van der Waals surface area contributed by atoms with E-state index in [4.69, 9.17) is 0 Å². The third-order valence-corrected chi connectivity index (χ3v) is 0. The summed E-state index contributed by atoms with van der Waals surface area (Å²) in [4.78, 5) is 0.146. The van der Waals surface area contributed by atoms with Gasteiger partial charge in [-0.1, -0.05) is 0 Å². The maximum absolute atomic E-state index is 3.44. The van der Waals surface area contributed by atoms with Crippen LogP contribution < -0.4 is 0 Å². The summed E-state index contributed by atoms with van der Waals surface area (Å²) in [6, 6.07) is 0. The average molecular weight is 210 g/mol. The second kappa shape index (κ2) is 5.58. The van der Waals surface area contributed by atoms with E-state index in [1.807, 2.05) is 0 Å². The van der Waals surface area contributed by atoms with E-state index in [-0.39, 0.29) is 37.5 Å². The molecule has 0 fully saturated rings. The minimum atomic E-state index is 0. The van der Waals surface area contributed by atoms with Crippen LogP contribution >= 0.6 is 15.9 Å². The van der Waals surface area contributed by atoms with Crippen molar-refractivity contribution in [1.29, 1.82) is 0 Å². The third kappa shape index (κ3) is 28.6. The molecule has 1 radical (unpaired) electrons. The Labute approximate surface area is 66.7 Å². The normalized spacial score (nSPS) is 7.20. The molecule has 0 amide bonds. The Bertz CT molecular complexity index is 11.6. The molecule has 0 aromatic carbocycles. The van der Waals surface area contributed by atoms with Gasteiger partial charge in [0.1, 0.15) is 0 Å². The van der Waals surface area contributed by atoms with Gasteiger partial charge in [-0.25, -0.2) is 4.83 Å². The monoisotopic (exact) mass is 209 g/mol. The molecule has 0 aliphatic rings. The fourth-order valence-corrected chi connectivity index (χ4v) is 0. The van der Waals surface area contributed by atoms with Crippen molar-refractivity contribution < 1.29 is 32.7 Å². The molecule has 0 saturated carbocycles. The topological polar surface area (TPSA) is 0 Å². The fraction of sp³-hybridized carbons (Fsp3) is 0.333. The van der Waals surface area contributed by atoms with Crippen LogP contribution in [0.15, 0.2) is 0 Å². The zero-order valence-electron chi connectivity index (χ0n) is 2.95. The van der Waals surface area contributed by atoms with Gasteiger partial charge in [0, 0.05) is 32.7 Å². The zero-order valence-corrected chi connectivity index (χ0v) is 7.37. The van der Waals surface area contributed by atoms with Crippen LogP contribution in [-0.2, 0) is 32.7 Å². The maximum Gasteiger partial charge on any atom is 0 e. The van der Waals surface area contributed by atoms with Gasteiger partial charge in [-0.05, 0) is 0 Å². The predicted octanol–water partition coefficient (Wildman–Crippen LogP) is 1.42. The molecular weight excluding hydrogens is 205 g/mol. The molecule has 0 heterocycles. The first kappa shape index (κ1) is 9.77. The summed E-state index contributed by atoms with van der Waals surface area (Å²) in [5, 5.41) is 0. The molecule has 0 aromatic heterocycles. The quantitative estimate of drug-likeness (QED) is 0.418. The first-order chi connectivity index (χ1) is 1.73. The summed E-state index contributed by atoms with van der Waals surface area (Å²) in [5.41, 5.74) is 0. The smallest absolute Gasteiger partial charge is 0 e. The molecule has 0 aliphatic heterocycles. The first-order valence-corrected chi connectivity index (χ1v) is 1.95. The van der Waals surface area contributed by atoms with Crippen molar-refractivity contribution in [2.24, 2.45) is 0 Å². The van der Waals surface area contributed by atoms with Crippen LogP contribution in [0.2, 0.25) is 0 Å². The Hall–Kier alpha value is 1.58. The van der Waals surface area contributed by atoms with E-state index in [0.717, 1.165) is 0 Å². The molecule has 29 valence electrons. The van der Waals surface area contributed by atoms with E-state index >= 15 is 0 Å². The fourth-order valence-electron chi connectivity index (χ4n) is 0. The van der Waals surface area contributed by atoms with Crippen LogP contribution in [-0.4, -0.2) is 4.83 Å². The summed E-state index contributed by atoms with van der Waals surface area (Å²) in [5.74, 6) is 0. The van der Waals surface area contributed by atoms with Crippen LogP contribution in [0.4, 0.5) is 0 Å². The Kier molecular flexibility index (Phi) is 10.9. The molecule has 0 rings (SSSR count).